The maximum atomic E-state index is 11.5. The first-order valence-corrected chi connectivity index (χ1v) is 6.32. The van der Waals surface area contributed by atoms with Crippen LogP contribution in [0.3, 0.4) is 0 Å². The molecule has 4 bridgehead atoms. The minimum absolute atomic E-state index is 0.197. The molecule has 4 heteroatoms. The first kappa shape index (κ1) is 10.2. The fourth-order valence-corrected chi connectivity index (χ4v) is 5.07. The van der Waals surface area contributed by atoms with E-state index in [0.717, 1.165) is 12.8 Å². The Morgan fingerprint density at radius 3 is 2.13 bits per heavy atom. The molecular formula is C11H14Cl2O2. The Bertz CT molecular complexity index is 313. The molecule has 1 N–H and O–H groups in total. The summed E-state index contributed by atoms with van der Waals surface area (Å²) < 4.78 is -1.04. The highest BCUT2D eigenvalue weighted by Crippen LogP contribution is 2.68. The predicted molar refractivity (Wildman–Crippen MR) is 58.1 cm³/mol. The Morgan fingerprint density at radius 1 is 1.13 bits per heavy atom. The lowest BCUT2D eigenvalue weighted by Crippen LogP contribution is -2.62. The van der Waals surface area contributed by atoms with Crippen LogP contribution in [0.4, 0.5) is 0 Å². The molecular weight excluding hydrogens is 235 g/mol. The Balaban J connectivity index is 2.08. The SMILES string of the molecule is O=C(O)C12C[C@H]3CC(C[C@@H](C3)C1)C2(Cl)Cl. The molecule has 15 heavy (non-hydrogen) atoms. The van der Waals surface area contributed by atoms with E-state index in [1.807, 2.05) is 0 Å². The highest BCUT2D eigenvalue weighted by molar-refractivity contribution is 6.50. The van der Waals surface area contributed by atoms with E-state index in [-0.39, 0.29) is 5.92 Å². The fourth-order valence-electron chi connectivity index (χ4n) is 4.24. The van der Waals surface area contributed by atoms with Crippen molar-refractivity contribution >= 4 is 29.2 Å². The van der Waals surface area contributed by atoms with Gasteiger partial charge < -0.3 is 5.11 Å². The van der Waals surface area contributed by atoms with Crippen LogP contribution >= 0.6 is 23.2 Å². The fraction of sp³-hybridized carbons (Fsp3) is 0.909. The molecule has 0 aromatic rings. The van der Waals surface area contributed by atoms with E-state index in [1.165, 1.54) is 6.42 Å². The number of hydrogen-bond acceptors (Lipinski definition) is 1. The molecule has 4 aliphatic rings. The van der Waals surface area contributed by atoms with Crippen LogP contribution in [-0.4, -0.2) is 15.4 Å². The summed E-state index contributed by atoms with van der Waals surface area (Å²) in [6.45, 7) is 0. The molecule has 4 rings (SSSR count). The third-order valence-electron chi connectivity index (χ3n) is 4.74. The van der Waals surface area contributed by atoms with Crippen molar-refractivity contribution in [3.05, 3.63) is 0 Å². The van der Waals surface area contributed by atoms with Gasteiger partial charge in [-0.25, -0.2) is 0 Å². The van der Waals surface area contributed by atoms with Crippen molar-refractivity contribution in [2.75, 3.05) is 0 Å². The van der Waals surface area contributed by atoms with Crippen molar-refractivity contribution < 1.29 is 9.90 Å². The minimum Gasteiger partial charge on any atom is -0.481 e. The summed E-state index contributed by atoms with van der Waals surface area (Å²) in [5, 5.41) is 9.45. The molecule has 2 atom stereocenters. The number of halogens is 2. The molecule has 84 valence electrons. The van der Waals surface area contributed by atoms with Crippen LogP contribution in [0.15, 0.2) is 0 Å². The minimum atomic E-state index is -1.04. The van der Waals surface area contributed by atoms with Gasteiger partial charge in [0, 0.05) is 0 Å². The first-order chi connectivity index (χ1) is 6.96. The lowest BCUT2D eigenvalue weighted by Gasteiger charge is -2.60. The summed E-state index contributed by atoms with van der Waals surface area (Å²) in [6.07, 6.45) is 4.61. The van der Waals surface area contributed by atoms with E-state index in [2.05, 4.69) is 0 Å². The molecule has 0 radical (unpaired) electrons. The average molecular weight is 249 g/mol. The van der Waals surface area contributed by atoms with Crippen LogP contribution in [0.2, 0.25) is 0 Å². The van der Waals surface area contributed by atoms with Crippen molar-refractivity contribution in [3.8, 4) is 0 Å². The summed E-state index contributed by atoms with van der Waals surface area (Å²) in [6, 6.07) is 0. The molecule has 0 aromatic carbocycles. The van der Waals surface area contributed by atoms with Crippen LogP contribution < -0.4 is 0 Å². The van der Waals surface area contributed by atoms with Gasteiger partial charge in [0.25, 0.3) is 0 Å². The Morgan fingerprint density at radius 2 is 1.67 bits per heavy atom. The zero-order chi connectivity index (χ0) is 10.8. The van der Waals surface area contributed by atoms with Gasteiger partial charge in [0.1, 0.15) is 9.75 Å². The normalized spacial score (nSPS) is 50.7. The van der Waals surface area contributed by atoms with E-state index in [1.54, 1.807) is 0 Å². The zero-order valence-electron chi connectivity index (χ0n) is 8.38. The van der Waals surface area contributed by atoms with E-state index in [4.69, 9.17) is 23.2 Å². The second-order valence-corrected chi connectivity index (χ2v) is 6.94. The Kier molecular flexibility index (Phi) is 1.93. The quantitative estimate of drug-likeness (QED) is 0.725. The van der Waals surface area contributed by atoms with E-state index in [9.17, 15) is 9.90 Å². The van der Waals surface area contributed by atoms with Crippen LogP contribution in [0.5, 0.6) is 0 Å². The topological polar surface area (TPSA) is 37.3 Å². The number of alkyl halides is 2. The Hall–Kier alpha value is 0.0500. The summed E-state index contributed by atoms with van der Waals surface area (Å²) >= 11 is 12.7. The molecule has 4 fully saturated rings. The van der Waals surface area contributed by atoms with Crippen molar-refractivity contribution in [2.45, 2.75) is 36.4 Å². The van der Waals surface area contributed by atoms with E-state index >= 15 is 0 Å². The number of carboxylic acids is 1. The van der Waals surface area contributed by atoms with Crippen LogP contribution in [0, 0.1) is 23.2 Å². The number of rotatable bonds is 1. The molecule has 4 saturated carbocycles. The van der Waals surface area contributed by atoms with Crippen LogP contribution in [0.1, 0.15) is 32.1 Å². The summed E-state index contributed by atoms with van der Waals surface area (Å²) in [5.74, 6) is 0.503. The van der Waals surface area contributed by atoms with E-state index in [0.29, 0.717) is 24.7 Å². The van der Waals surface area contributed by atoms with Gasteiger partial charge >= 0.3 is 5.97 Å². The zero-order valence-corrected chi connectivity index (χ0v) is 9.89. The molecule has 0 aromatic heterocycles. The van der Waals surface area contributed by atoms with Gasteiger partial charge in [-0.15, -0.1) is 23.2 Å². The van der Waals surface area contributed by atoms with Gasteiger partial charge in [0.15, 0.2) is 0 Å². The highest BCUT2D eigenvalue weighted by Gasteiger charge is 2.68. The summed E-state index contributed by atoms with van der Waals surface area (Å²) in [7, 11) is 0. The monoisotopic (exact) mass is 248 g/mol. The third-order valence-corrected chi connectivity index (χ3v) is 6.08. The van der Waals surface area contributed by atoms with Crippen molar-refractivity contribution in [3.63, 3.8) is 0 Å². The maximum Gasteiger partial charge on any atom is 0.312 e. The molecule has 4 aliphatic carbocycles. The summed E-state index contributed by atoms with van der Waals surface area (Å²) in [4.78, 5) is 11.5. The molecule has 2 nitrogen and oxygen atoms in total. The standard InChI is InChI=1S/C11H14Cl2O2/c12-11(13)8-2-6-1-7(3-8)5-10(11,4-6)9(14)15/h6-8H,1-5H2,(H,14,15)/t6-,7-,8?,10?/m1/s1. The second-order valence-electron chi connectivity index (χ2n) is 5.55. The average Bonchev–Trinajstić information content (AvgIpc) is 2.13. The summed E-state index contributed by atoms with van der Waals surface area (Å²) in [5.41, 5.74) is -0.856. The van der Waals surface area contributed by atoms with Crippen molar-refractivity contribution in [1.29, 1.82) is 0 Å². The van der Waals surface area contributed by atoms with Gasteiger partial charge in [0.05, 0.1) is 0 Å². The Labute approximate surface area is 98.9 Å². The molecule has 0 amide bonds. The third kappa shape index (κ3) is 1.10. The van der Waals surface area contributed by atoms with Crippen molar-refractivity contribution in [2.24, 2.45) is 23.2 Å². The van der Waals surface area contributed by atoms with Gasteiger partial charge in [-0.1, -0.05) is 0 Å². The molecule has 0 spiro atoms. The van der Waals surface area contributed by atoms with Crippen LogP contribution in [0.25, 0.3) is 0 Å². The largest absolute Gasteiger partial charge is 0.481 e. The number of carbonyl (C=O) groups is 1. The molecule has 0 saturated heterocycles. The lowest BCUT2D eigenvalue weighted by atomic mass is 9.49. The number of hydrogen-bond donors (Lipinski definition) is 1. The van der Waals surface area contributed by atoms with Crippen molar-refractivity contribution in [1.82, 2.24) is 0 Å². The second kappa shape index (κ2) is 2.84. The molecule has 0 heterocycles. The molecule has 0 aliphatic heterocycles. The maximum absolute atomic E-state index is 11.5. The van der Waals surface area contributed by atoms with Crippen LogP contribution in [-0.2, 0) is 4.79 Å². The molecule has 0 unspecified atom stereocenters. The van der Waals surface area contributed by atoms with Gasteiger partial charge in [-0.2, -0.15) is 0 Å². The van der Waals surface area contributed by atoms with Gasteiger partial charge in [-0.3, -0.25) is 4.79 Å². The number of carboxylic acid groups (broad SMARTS) is 1. The smallest absolute Gasteiger partial charge is 0.312 e. The van der Waals surface area contributed by atoms with Gasteiger partial charge in [-0.05, 0) is 49.9 Å². The lowest BCUT2D eigenvalue weighted by molar-refractivity contribution is -0.166. The number of aliphatic carboxylic acids is 1. The van der Waals surface area contributed by atoms with E-state index < -0.39 is 15.7 Å². The predicted octanol–water partition coefficient (Wildman–Crippen LogP) is 3.07. The van der Waals surface area contributed by atoms with Gasteiger partial charge in [0.2, 0.25) is 0 Å². The highest BCUT2D eigenvalue weighted by atomic mass is 35.5. The first-order valence-electron chi connectivity index (χ1n) is 5.57.